The van der Waals surface area contributed by atoms with Crippen molar-refractivity contribution in [2.75, 3.05) is 6.61 Å². The van der Waals surface area contributed by atoms with Crippen LogP contribution in [0.15, 0.2) is 23.2 Å². The highest BCUT2D eigenvalue weighted by Crippen LogP contribution is 2.23. The zero-order valence-corrected chi connectivity index (χ0v) is 11.8. The number of carbonyl (C=O) groups is 1. The van der Waals surface area contributed by atoms with Gasteiger partial charge >= 0.3 is 12.3 Å². The van der Waals surface area contributed by atoms with E-state index in [0.717, 1.165) is 6.07 Å². The van der Waals surface area contributed by atoms with Crippen molar-refractivity contribution in [2.24, 2.45) is 4.99 Å². The standard InChI is InChI=1S/C12H9BrF3NO3/c1-2-19-11(18)10-9(13)7-5-6(20-12(14,15)16)3-4-8(7)17-10/h3-5,10H,2H2,1H3/t10-/m1/s1. The van der Waals surface area contributed by atoms with Crippen molar-refractivity contribution in [2.45, 2.75) is 19.3 Å². The molecular weight excluding hydrogens is 343 g/mol. The maximum Gasteiger partial charge on any atom is 0.573 e. The molecule has 0 aliphatic carbocycles. The van der Waals surface area contributed by atoms with Crippen LogP contribution in [0.4, 0.5) is 13.2 Å². The lowest BCUT2D eigenvalue weighted by Gasteiger charge is -2.08. The van der Waals surface area contributed by atoms with Crippen LogP contribution in [-0.4, -0.2) is 25.0 Å². The van der Waals surface area contributed by atoms with E-state index in [9.17, 15) is 18.0 Å². The summed E-state index contributed by atoms with van der Waals surface area (Å²) in [7, 11) is 0. The van der Waals surface area contributed by atoms with Crippen LogP contribution in [0, 0.1) is 0 Å². The SMILES string of the molecule is CCOC(=O)[C@@H]1N=c2ccc(OC(F)(F)F)cc2=C1Br. The normalized spacial score (nSPS) is 17.4. The minimum Gasteiger partial charge on any atom is -0.464 e. The first kappa shape index (κ1) is 14.8. The molecule has 0 saturated carbocycles. The number of rotatable bonds is 3. The predicted molar refractivity (Wildman–Crippen MR) is 66.7 cm³/mol. The van der Waals surface area contributed by atoms with Gasteiger partial charge in [0, 0.05) is 9.70 Å². The molecule has 1 aliphatic rings. The Kier molecular flexibility index (Phi) is 4.03. The summed E-state index contributed by atoms with van der Waals surface area (Å²) in [6, 6.07) is 2.79. The Morgan fingerprint density at radius 1 is 1.45 bits per heavy atom. The second-order valence-electron chi connectivity index (χ2n) is 3.86. The van der Waals surface area contributed by atoms with Gasteiger partial charge in [-0.25, -0.2) is 4.79 Å². The van der Waals surface area contributed by atoms with Crippen molar-refractivity contribution in [1.29, 1.82) is 0 Å². The molecule has 8 heteroatoms. The maximum absolute atomic E-state index is 12.2. The lowest BCUT2D eigenvalue weighted by atomic mass is 10.2. The van der Waals surface area contributed by atoms with E-state index >= 15 is 0 Å². The molecule has 1 aromatic carbocycles. The van der Waals surface area contributed by atoms with Crippen molar-refractivity contribution < 1.29 is 27.4 Å². The zero-order chi connectivity index (χ0) is 14.9. The first-order chi connectivity index (χ1) is 9.31. The van der Waals surface area contributed by atoms with Crippen LogP contribution in [0.25, 0.3) is 4.48 Å². The van der Waals surface area contributed by atoms with E-state index in [0.29, 0.717) is 15.1 Å². The summed E-state index contributed by atoms with van der Waals surface area (Å²) >= 11 is 3.17. The molecule has 0 aromatic heterocycles. The van der Waals surface area contributed by atoms with Crippen molar-refractivity contribution >= 4 is 26.4 Å². The Balaban J connectivity index is 2.38. The summed E-state index contributed by atoms with van der Waals surface area (Å²) in [5.41, 5.74) is 0. The van der Waals surface area contributed by atoms with Gasteiger partial charge in [0.1, 0.15) is 5.75 Å². The number of alkyl halides is 3. The Labute approximate surface area is 120 Å². The molecule has 0 N–H and O–H groups in total. The highest BCUT2D eigenvalue weighted by molar-refractivity contribution is 9.15. The minimum atomic E-state index is -4.77. The molecule has 1 aromatic rings. The molecule has 2 rings (SSSR count). The topological polar surface area (TPSA) is 47.9 Å². The van der Waals surface area contributed by atoms with E-state index in [1.807, 2.05) is 0 Å². The van der Waals surface area contributed by atoms with Crippen molar-refractivity contribution in [3.05, 3.63) is 28.8 Å². The predicted octanol–water partition coefficient (Wildman–Crippen LogP) is 1.65. The summed E-state index contributed by atoms with van der Waals surface area (Å²) < 4.78 is 45.5. The van der Waals surface area contributed by atoms with E-state index in [4.69, 9.17) is 4.74 Å². The van der Waals surface area contributed by atoms with Crippen LogP contribution in [-0.2, 0) is 9.53 Å². The molecule has 0 unspecified atom stereocenters. The number of nitrogens with zero attached hydrogens (tertiary/aromatic N) is 1. The molecule has 108 valence electrons. The van der Waals surface area contributed by atoms with E-state index in [2.05, 4.69) is 25.7 Å². The number of fused-ring (bicyclic) bond motifs is 1. The third-order valence-electron chi connectivity index (χ3n) is 2.48. The molecule has 0 spiro atoms. The lowest BCUT2D eigenvalue weighted by molar-refractivity contribution is -0.274. The van der Waals surface area contributed by atoms with Gasteiger partial charge in [-0.05, 0) is 25.1 Å². The van der Waals surface area contributed by atoms with Gasteiger partial charge in [-0.2, -0.15) is 0 Å². The minimum absolute atomic E-state index is 0.198. The Morgan fingerprint density at radius 2 is 2.15 bits per heavy atom. The van der Waals surface area contributed by atoms with E-state index < -0.39 is 18.4 Å². The lowest BCUT2D eigenvalue weighted by Crippen LogP contribution is -2.24. The summed E-state index contributed by atoms with van der Waals surface area (Å²) in [4.78, 5) is 15.8. The van der Waals surface area contributed by atoms with Crippen molar-refractivity contribution in [1.82, 2.24) is 0 Å². The molecule has 1 heterocycles. The first-order valence-corrected chi connectivity index (χ1v) is 6.41. The molecule has 4 nitrogen and oxygen atoms in total. The third kappa shape index (κ3) is 3.12. The number of hydrogen-bond acceptors (Lipinski definition) is 4. The third-order valence-corrected chi connectivity index (χ3v) is 3.34. The van der Waals surface area contributed by atoms with E-state index in [1.54, 1.807) is 6.92 Å². The zero-order valence-electron chi connectivity index (χ0n) is 10.2. The van der Waals surface area contributed by atoms with Gasteiger partial charge in [0.2, 0.25) is 0 Å². The van der Waals surface area contributed by atoms with Crippen LogP contribution in [0.3, 0.4) is 0 Å². The van der Waals surface area contributed by atoms with Crippen LogP contribution in [0.2, 0.25) is 0 Å². The van der Waals surface area contributed by atoms with Crippen LogP contribution in [0.1, 0.15) is 6.92 Å². The molecule has 0 radical (unpaired) electrons. The molecule has 0 saturated heterocycles. The van der Waals surface area contributed by atoms with E-state index in [-0.39, 0.29) is 12.4 Å². The smallest absolute Gasteiger partial charge is 0.464 e. The summed E-state index contributed by atoms with van der Waals surface area (Å²) in [5.74, 6) is -0.929. The monoisotopic (exact) mass is 351 g/mol. The number of halogens is 4. The number of carbonyl (C=O) groups excluding carboxylic acids is 1. The fourth-order valence-electron chi connectivity index (χ4n) is 1.74. The van der Waals surface area contributed by atoms with Gasteiger partial charge in [-0.1, -0.05) is 15.9 Å². The number of esters is 1. The van der Waals surface area contributed by atoms with Gasteiger partial charge in [0.05, 0.1) is 12.0 Å². The van der Waals surface area contributed by atoms with Crippen molar-refractivity contribution in [3.63, 3.8) is 0 Å². The van der Waals surface area contributed by atoms with Gasteiger partial charge in [-0.15, -0.1) is 13.2 Å². The Morgan fingerprint density at radius 3 is 2.75 bits per heavy atom. The van der Waals surface area contributed by atoms with Crippen LogP contribution in [0.5, 0.6) is 5.75 Å². The van der Waals surface area contributed by atoms with Crippen LogP contribution >= 0.6 is 15.9 Å². The Bertz CT molecular complexity index is 657. The molecule has 0 fully saturated rings. The highest BCUT2D eigenvalue weighted by atomic mass is 79.9. The van der Waals surface area contributed by atoms with Crippen molar-refractivity contribution in [3.8, 4) is 5.75 Å². The quantitative estimate of drug-likeness (QED) is 0.778. The number of hydrogen-bond donors (Lipinski definition) is 0. The van der Waals surface area contributed by atoms with Gasteiger partial charge in [-0.3, -0.25) is 4.99 Å². The van der Waals surface area contributed by atoms with E-state index in [1.165, 1.54) is 12.1 Å². The van der Waals surface area contributed by atoms with Gasteiger partial charge < -0.3 is 9.47 Å². The first-order valence-electron chi connectivity index (χ1n) is 5.62. The molecule has 1 atom stereocenters. The fourth-order valence-corrected chi connectivity index (χ4v) is 2.34. The van der Waals surface area contributed by atoms with Gasteiger partial charge in [0.15, 0.2) is 6.04 Å². The number of benzene rings is 1. The molecule has 0 bridgehead atoms. The number of ether oxygens (including phenoxy) is 2. The summed E-state index contributed by atoms with van der Waals surface area (Å²) in [5, 5.41) is 0.786. The molecular formula is C12H9BrF3NO3. The fraction of sp³-hybridized carbons (Fsp3) is 0.333. The second-order valence-corrected chi connectivity index (χ2v) is 4.71. The summed E-state index contributed by atoms with van der Waals surface area (Å²) in [6.07, 6.45) is -4.77. The Hall–Kier alpha value is -1.57. The average molecular weight is 352 g/mol. The largest absolute Gasteiger partial charge is 0.573 e. The molecule has 20 heavy (non-hydrogen) atoms. The molecule has 1 aliphatic heterocycles. The van der Waals surface area contributed by atoms with Crippen LogP contribution < -0.4 is 15.3 Å². The molecule has 0 amide bonds. The summed E-state index contributed by atoms with van der Waals surface area (Å²) in [6.45, 7) is 1.85. The maximum atomic E-state index is 12.2. The van der Waals surface area contributed by atoms with Gasteiger partial charge in [0.25, 0.3) is 0 Å². The average Bonchev–Trinajstić information content (AvgIpc) is 2.65. The second kappa shape index (κ2) is 5.43. The highest BCUT2D eigenvalue weighted by Gasteiger charge is 2.32.